The molecule has 1 aliphatic rings. The predicted molar refractivity (Wildman–Crippen MR) is 100 cm³/mol. The molecule has 0 saturated carbocycles. The highest BCUT2D eigenvalue weighted by atomic mass is 16.3. The standard InChI is InChI=1S/C20H23N3O3/c24-18-8-6-16(7-9-18)10-11-21-19(25)20(26)23-14-12-22(13-15-23)17-4-2-1-3-5-17/h1-9,24H,10-15H2,(H,21,25). The average molecular weight is 353 g/mol. The van der Waals surface area contributed by atoms with Crippen molar-refractivity contribution in [3.63, 3.8) is 0 Å². The number of nitrogens with zero attached hydrogens (tertiary/aromatic N) is 2. The first kappa shape index (κ1) is 17.8. The molecule has 1 saturated heterocycles. The minimum atomic E-state index is -0.558. The first-order chi connectivity index (χ1) is 12.6. The minimum absolute atomic E-state index is 0.211. The summed E-state index contributed by atoms with van der Waals surface area (Å²) >= 11 is 0. The molecule has 2 aromatic carbocycles. The highest BCUT2D eigenvalue weighted by molar-refractivity contribution is 6.35. The summed E-state index contributed by atoms with van der Waals surface area (Å²) in [4.78, 5) is 28.2. The molecule has 0 aliphatic carbocycles. The maximum atomic E-state index is 12.3. The monoisotopic (exact) mass is 353 g/mol. The molecule has 1 aliphatic heterocycles. The molecule has 0 aromatic heterocycles. The molecule has 0 radical (unpaired) electrons. The molecule has 0 spiro atoms. The van der Waals surface area contributed by atoms with Crippen LogP contribution in [0.2, 0.25) is 0 Å². The number of phenols is 1. The van der Waals surface area contributed by atoms with E-state index in [0.717, 1.165) is 24.3 Å². The highest BCUT2D eigenvalue weighted by Crippen LogP contribution is 2.15. The Balaban J connectivity index is 1.43. The maximum Gasteiger partial charge on any atom is 0.312 e. The smallest absolute Gasteiger partial charge is 0.312 e. The molecule has 1 heterocycles. The number of carbonyl (C=O) groups excluding carboxylic acids is 2. The number of nitrogens with one attached hydrogen (secondary N) is 1. The van der Waals surface area contributed by atoms with Gasteiger partial charge in [-0.15, -0.1) is 0 Å². The van der Waals surface area contributed by atoms with E-state index in [0.29, 0.717) is 26.1 Å². The van der Waals surface area contributed by atoms with E-state index >= 15 is 0 Å². The van der Waals surface area contributed by atoms with Crippen LogP contribution in [-0.2, 0) is 16.0 Å². The van der Waals surface area contributed by atoms with Gasteiger partial charge in [0.05, 0.1) is 0 Å². The number of hydrogen-bond acceptors (Lipinski definition) is 4. The summed E-state index contributed by atoms with van der Waals surface area (Å²) in [6.45, 7) is 2.91. The Morgan fingerprint density at radius 2 is 1.58 bits per heavy atom. The van der Waals surface area contributed by atoms with Gasteiger partial charge >= 0.3 is 11.8 Å². The van der Waals surface area contributed by atoms with E-state index in [1.54, 1.807) is 29.2 Å². The lowest BCUT2D eigenvalue weighted by molar-refractivity contribution is -0.146. The predicted octanol–water partition coefficient (Wildman–Crippen LogP) is 1.40. The van der Waals surface area contributed by atoms with Crippen LogP contribution < -0.4 is 10.2 Å². The van der Waals surface area contributed by atoms with Crippen molar-refractivity contribution in [3.8, 4) is 5.75 Å². The van der Waals surface area contributed by atoms with Crippen molar-refractivity contribution in [1.29, 1.82) is 0 Å². The summed E-state index contributed by atoms with van der Waals surface area (Å²) in [5, 5.41) is 11.9. The number of piperazine rings is 1. The molecule has 136 valence electrons. The lowest BCUT2D eigenvalue weighted by Gasteiger charge is -2.35. The molecule has 2 N–H and O–H groups in total. The summed E-state index contributed by atoms with van der Waals surface area (Å²) in [5.74, 6) is -0.817. The molecule has 0 atom stereocenters. The molecule has 0 bridgehead atoms. The number of amides is 2. The number of hydrogen-bond donors (Lipinski definition) is 2. The lowest BCUT2D eigenvalue weighted by atomic mass is 10.1. The fourth-order valence-electron chi connectivity index (χ4n) is 3.01. The first-order valence-corrected chi connectivity index (χ1v) is 8.78. The van der Waals surface area contributed by atoms with Crippen LogP contribution in [0.15, 0.2) is 54.6 Å². The topological polar surface area (TPSA) is 72.9 Å². The van der Waals surface area contributed by atoms with Crippen LogP contribution in [0.4, 0.5) is 5.69 Å². The van der Waals surface area contributed by atoms with Gasteiger partial charge in [-0.3, -0.25) is 9.59 Å². The molecule has 2 amide bonds. The first-order valence-electron chi connectivity index (χ1n) is 8.78. The zero-order valence-electron chi connectivity index (χ0n) is 14.6. The number of aromatic hydroxyl groups is 1. The fraction of sp³-hybridized carbons (Fsp3) is 0.300. The third-order valence-corrected chi connectivity index (χ3v) is 4.52. The van der Waals surface area contributed by atoms with Gasteiger partial charge in [-0.25, -0.2) is 0 Å². The summed E-state index contributed by atoms with van der Waals surface area (Å²) in [6, 6.07) is 16.9. The van der Waals surface area contributed by atoms with Crippen LogP contribution in [0.25, 0.3) is 0 Å². The van der Waals surface area contributed by atoms with Crippen molar-refractivity contribution in [2.24, 2.45) is 0 Å². The number of para-hydroxylation sites is 1. The van der Waals surface area contributed by atoms with Crippen molar-refractivity contribution < 1.29 is 14.7 Å². The van der Waals surface area contributed by atoms with E-state index < -0.39 is 11.8 Å². The molecule has 1 fully saturated rings. The van der Waals surface area contributed by atoms with E-state index in [2.05, 4.69) is 10.2 Å². The highest BCUT2D eigenvalue weighted by Gasteiger charge is 2.25. The number of phenolic OH excluding ortho intramolecular Hbond substituents is 1. The van der Waals surface area contributed by atoms with Crippen LogP contribution in [0.3, 0.4) is 0 Å². The normalized spacial score (nSPS) is 14.2. The fourth-order valence-corrected chi connectivity index (χ4v) is 3.01. The molecule has 0 unspecified atom stereocenters. The second kappa shape index (κ2) is 8.38. The van der Waals surface area contributed by atoms with Crippen molar-refractivity contribution in [2.45, 2.75) is 6.42 Å². The van der Waals surface area contributed by atoms with Crippen LogP contribution in [0.5, 0.6) is 5.75 Å². The van der Waals surface area contributed by atoms with Crippen molar-refractivity contribution >= 4 is 17.5 Å². The van der Waals surface area contributed by atoms with Gasteiger partial charge in [-0.1, -0.05) is 30.3 Å². The van der Waals surface area contributed by atoms with Gasteiger partial charge in [0.1, 0.15) is 5.75 Å². The maximum absolute atomic E-state index is 12.3. The molecule has 2 aromatic rings. The Morgan fingerprint density at radius 3 is 2.23 bits per heavy atom. The second-order valence-corrected chi connectivity index (χ2v) is 6.29. The van der Waals surface area contributed by atoms with Gasteiger partial charge in [0.25, 0.3) is 0 Å². The van der Waals surface area contributed by atoms with E-state index in [1.165, 1.54) is 0 Å². The third kappa shape index (κ3) is 4.53. The third-order valence-electron chi connectivity index (χ3n) is 4.52. The van der Waals surface area contributed by atoms with Crippen LogP contribution in [0, 0.1) is 0 Å². The van der Waals surface area contributed by atoms with Gasteiger partial charge in [0.2, 0.25) is 0 Å². The molecule has 3 rings (SSSR count). The zero-order chi connectivity index (χ0) is 18.4. The molecular weight excluding hydrogens is 330 g/mol. The van der Waals surface area contributed by atoms with Gasteiger partial charge < -0.3 is 20.2 Å². The van der Waals surface area contributed by atoms with E-state index in [-0.39, 0.29) is 5.75 Å². The summed E-state index contributed by atoms with van der Waals surface area (Å²) < 4.78 is 0. The Labute approximate surface area is 153 Å². The number of carbonyl (C=O) groups is 2. The second-order valence-electron chi connectivity index (χ2n) is 6.29. The summed E-state index contributed by atoms with van der Waals surface area (Å²) in [5.41, 5.74) is 2.13. The Hall–Kier alpha value is -3.02. The SMILES string of the molecule is O=C(NCCc1ccc(O)cc1)C(=O)N1CCN(c2ccccc2)CC1. The number of rotatable bonds is 4. The van der Waals surface area contributed by atoms with Gasteiger partial charge in [-0.05, 0) is 36.2 Å². The zero-order valence-corrected chi connectivity index (χ0v) is 14.6. The largest absolute Gasteiger partial charge is 0.508 e. The molecule has 26 heavy (non-hydrogen) atoms. The van der Waals surface area contributed by atoms with Crippen molar-refractivity contribution in [1.82, 2.24) is 10.2 Å². The molecule has 6 heteroatoms. The summed E-state index contributed by atoms with van der Waals surface area (Å²) in [7, 11) is 0. The van der Waals surface area contributed by atoms with Crippen LogP contribution >= 0.6 is 0 Å². The molecular formula is C20H23N3O3. The Kier molecular flexibility index (Phi) is 5.73. The number of anilines is 1. The number of benzene rings is 2. The Bertz CT molecular complexity index is 739. The summed E-state index contributed by atoms with van der Waals surface area (Å²) in [6.07, 6.45) is 0.612. The van der Waals surface area contributed by atoms with Gasteiger partial charge in [0.15, 0.2) is 0 Å². The Morgan fingerprint density at radius 1 is 0.923 bits per heavy atom. The lowest BCUT2D eigenvalue weighted by Crippen LogP contribution is -2.52. The van der Waals surface area contributed by atoms with Crippen molar-refractivity contribution in [2.75, 3.05) is 37.6 Å². The van der Waals surface area contributed by atoms with Gasteiger partial charge in [-0.2, -0.15) is 0 Å². The average Bonchev–Trinajstić information content (AvgIpc) is 2.69. The van der Waals surface area contributed by atoms with Crippen LogP contribution in [0.1, 0.15) is 5.56 Å². The molecule has 6 nitrogen and oxygen atoms in total. The van der Waals surface area contributed by atoms with E-state index in [9.17, 15) is 14.7 Å². The van der Waals surface area contributed by atoms with Crippen molar-refractivity contribution in [3.05, 3.63) is 60.2 Å². The van der Waals surface area contributed by atoms with E-state index in [1.807, 2.05) is 30.3 Å². The quantitative estimate of drug-likeness (QED) is 0.815. The van der Waals surface area contributed by atoms with E-state index in [4.69, 9.17) is 0 Å². The minimum Gasteiger partial charge on any atom is -0.508 e. The van der Waals surface area contributed by atoms with Gasteiger partial charge in [0, 0.05) is 38.4 Å². The van der Waals surface area contributed by atoms with Crippen LogP contribution in [-0.4, -0.2) is 54.5 Å².